The number of hydrogen-bond acceptors (Lipinski definition) is 5. The van der Waals surface area contributed by atoms with Gasteiger partial charge >= 0.3 is 0 Å². The van der Waals surface area contributed by atoms with Gasteiger partial charge in [0.2, 0.25) is 5.95 Å². The molecule has 0 atom stereocenters. The predicted molar refractivity (Wildman–Crippen MR) is 108 cm³/mol. The highest BCUT2D eigenvalue weighted by atomic mass is 16.3. The Hall–Kier alpha value is -2.44. The molecule has 0 aliphatic carbocycles. The number of anilines is 2. The normalized spacial score (nSPS) is 17.3. The van der Waals surface area contributed by atoms with E-state index in [-0.39, 0.29) is 0 Å². The van der Waals surface area contributed by atoms with Crippen molar-refractivity contribution in [3.8, 4) is 0 Å². The Kier molecular flexibility index (Phi) is 4.85. The highest BCUT2D eigenvalue weighted by Crippen LogP contribution is 2.33. The highest BCUT2D eigenvalue weighted by Gasteiger charge is 2.32. The Morgan fingerprint density at radius 1 is 1.19 bits per heavy atom. The third-order valence-corrected chi connectivity index (χ3v) is 5.39. The molecule has 1 aromatic carbocycles. The van der Waals surface area contributed by atoms with Gasteiger partial charge in [-0.2, -0.15) is 4.98 Å². The minimum absolute atomic E-state index is 0.567. The van der Waals surface area contributed by atoms with Gasteiger partial charge in [0, 0.05) is 43.1 Å². The summed E-state index contributed by atoms with van der Waals surface area (Å²) in [5.74, 6) is 0.567. The highest BCUT2D eigenvalue weighted by molar-refractivity contribution is 5.76. The van der Waals surface area contributed by atoms with Crippen molar-refractivity contribution < 1.29 is 5.11 Å². The number of aryl methyl sites for hydroxylation is 1. The summed E-state index contributed by atoms with van der Waals surface area (Å²) in [7, 11) is 2.09. The third kappa shape index (κ3) is 3.68. The molecule has 3 aromatic rings. The summed E-state index contributed by atoms with van der Waals surface area (Å²) in [6.45, 7) is 6.57. The lowest BCUT2D eigenvalue weighted by atomic mass is 9.84. The van der Waals surface area contributed by atoms with Gasteiger partial charge in [-0.25, -0.2) is 4.98 Å². The van der Waals surface area contributed by atoms with Crippen LogP contribution in [-0.2, 0) is 12.1 Å². The number of fused-ring (bicyclic) bond motifs is 1. The van der Waals surface area contributed by atoms with Gasteiger partial charge in [-0.05, 0) is 50.1 Å². The van der Waals surface area contributed by atoms with Crippen molar-refractivity contribution in [3.05, 3.63) is 55.2 Å². The van der Waals surface area contributed by atoms with E-state index in [1.54, 1.807) is 0 Å². The van der Waals surface area contributed by atoms with Gasteiger partial charge in [-0.1, -0.05) is 19.1 Å². The van der Waals surface area contributed by atoms with Crippen LogP contribution in [0.4, 0.5) is 11.6 Å². The molecule has 0 bridgehead atoms. The molecule has 0 saturated carbocycles. The Labute approximate surface area is 159 Å². The first-order valence-corrected chi connectivity index (χ1v) is 9.47. The molecule has 1 aliphatic rings. The number of rotatable bonds is 5. The molecule has 0 amide bonds. The Morgan fingerprint density at radius 3 is 2.63 bits per heavy atom. The van der Waals surface area contributed by atoms with Gasteiger partial charge in [0.15, 0.2) is 0 Å². The minimum Gasteiger partial charge on any atom is -0.385 e. The fourth-order valence-corrected chi connectivity index (χ4v) is 3.65. The molecule has 0 unspecified atom stereocenters. The molecule has 2 N–H and O–H groups in total. The van der Waals surface area contributed by atoms with E-state index in [1.165, 1.54) is 0 Å². The van der Waals surface area contributed by atoms with Gasteiger partial charge in [-0.3, -0.25) is 0 Å². The molecule has 0 spiro atoms. The van der Waals surface area contributed by atoms with Crippen molar-refractivity contribution in [3.63, 3.8) is 0 Å². The first kappa shape index (κ1) is 17.9. The van der Waals surface area contributed by atoms with Crippen LogP contribution in [0.3, 0.4) is 0 Å². The van der Waals surface area contributed by atoms with Gasteiger partial charge in [-0.15, -0.1) is 0 Å². The van der Waals surface area contributed by atoms with Crippen LogP contribution in [0.2, 0.25) is 0 Å². The standard InChI is InChI=1S/C21H26N5O/c1-3-11-26-12-8-16-15-22-20(24-19(16)26)23-18-6-4-17(5-7-18)21(27)9-13-25(2)14-10-21/h4-8,12,15,27H,1,3,9-11,13-14H2,2H3,(H,22,23,24). The van der Waals surface area contributed by atoms with Crippen molar-refractivity contribution in [2.24, 2.45) is 0 Å². The van der Waals surface area contributed by atoms with Crippen LogP contribution in [0.1, 0.15) is 24.8 Å². The summed E-state index contributed by atoms with van der Waals surface area (Å²) in [4.78, 5) is 11.3. The van der Waals surface area contributed by atoms with Gasteiger partial charge in [0.05, 0.1) is 5.60 Å². The molecule has 1 saturated heterocycles. The summed E-state index contributed by atoms with van der Waals surface area (Å²) in [5, 5.41) is 15.2. The van der Waals surface area contributed by atoms with E-state index in [2.05, 4.69) is 38.7 Å². The maximum atomic E-state index is 10.9. The zero-order valence-corrected chi connectivity index (χ0v) is 15.7. The topological polar surface area (TPSA) is 66.2 Å². The van der Waals surface area contributed by atoms with E-state index in [4.69, 9.17) is 0 Å². The summed E-state index contributed by atoms with van der Waals surface area (Å²) in [6, 6.07) is 9.98. The molecular formula is C21H26N5O. The number of nitrogens with one attached hydrogen (secondary N) is 1. The minimum atomic E-state index is -0.727. The smallest absolute Gasteiger partial charge is 0.229 e. The fraction of sp³-hybridized carbons (Fsp3) is 0.381. The summed E-state index contributed by atoms with van der Waals surface area (Å²) in [6.07, 6.45) is 6.20. The zero-order valence-electron chi connectivity index (χ0n) is 15.7. The molecule has 1 fully saturated rings. The quantitative estimate of drug-likeness (QED) is 0.727. The number of likely N-dealkylation sites (tertiary alicyclic amines) is 1. The van der Waals surface area contributed by atoms with E-state index in [1.807, 2.05) is 42.7 Å². The first-order chi connectivity index (χ1) is 13.1. The van der Waals surface area contributed by atoms with Crippen LogP contribution in [-0.4, -0.2) is 44.7 Å². The lowest BCUT2D eigenvalue weighted by molar-refractivity contribution is -0.0202. The second-order valence-corrected chi connectivity index (χ2v) is 7.37. The molecule has 1 radical (unpaired) electrons. The monoisotopic (exact) mass is 364 g/mol. The number of nitrogens with zero attached hydrogens (tertiary/aromatic N) is 4. The van der Waals surface area contributed by atoms with Crippen LogP contribution in [0, 0.1) is 6.92 Å². The molecular weight excluding hydrogens is 338 g/mol. The van der Waals surface area contributed by atoms with Crippen LogP contribution in [0.15, 0.2) is 42.7 Å². The Balaban J connectivity index is 1.51. The van der Waals surface area contributed by atoms with E-state index in [0.29, 0.717) is 5.95 Å². The molecule has 3 heterocycles. The Morgan fingerprint density at radius 2 is 1.93 bits per heavy atom. The van der Waals surface area contributed by atoms with Crippen molar-refractivity contribution in [2.45, 2.75) is 31.4 Å². The lowest BCUT2D eigenvalue weighted by Crippen LogP contribution is -2.40. The van der Waals surface area contributed by atoms with Gasteiger partial charge in [0.25, 0.3) is 0 Å². The van der Waals surface area contributed by atoms with Crippen LogP contribution in [0.25, 0.3) is 11.0 Å². The van der Waals surface area contributed by atoms with Crippen LogP contribution < -0.4 is 5.32 Å². The molecule has 141 valence electrons. The average molecular weight is 364 g/mol. The zero-order chi connectivity index (χ0) is 18.9. The molecule has 4 rings (SSSR count). The van der Waals surface area contributed by atoms with E-state index < -0.39 is 5.60 Å². The van der Waals surface area contributed by atoms with Crippen LogP contribution in [0.5, 0.6) is 0 Å². The average Bonchev–Trinajstić information content (AvgIpc) is 3.08. The van der Waals surface area contributed by atoms with Crippen molar-refractivity contribution in [1.29, 1.82) is 0 Å². The van der Waals surface area contributed by atoms with Crippen molar-refractivity contribution in [2.75, 3.05) is 25.5 Å². The number of hydrogen-bond donors (Lipinski definition) is 2. The van der Waals surface area contributed by atoms with Crippen molar-refractivity contribution in [1.82, 2.24) is 19.4 Å². The van der Waals surface area contributed by atoms with E-state index >= 15 is 0 Å². The number of aliphatic hydroxyl groups is 1. The molecule has 6 heteroatoms. The maximum Gasteiger partial charge on any atom is 0.229 e. The predicted octanol–water partition coefficient (Wildman–Crippen LogP) is 3.31. The van der Waals surface area contributed by atoms with Crippen molar-refractivity contribution >= 4 is 22.7 Å². The summed E-state index contributed by atoms with van der Waals surface area (Å²) in [5.41, 5.74) is 2.07. The SMILES string of the molecule is [CH2]CCn1ccc2cnc(Nc3ccc(C4(O)CCN(C)CC4)cc3)nc21. The molecule has 1 aliphatic heterocycles. The second-order valence-electron chi connectivity index (χ2n) is 7.37. The summed E-state index contributed by atoms with van der Waals surface area (Å²) < 4.78 is 2.09. The largest absolute Gasteiger partial charge is 0.385 e. The number of benzene rings is 1. The molecule has 6 nitrogen and oxygen atoms in total. The maximum absolute atomic E-state index is 10.9. The van der Waals surface area contributed by atoms with E-state index in [9.17, 15) is 5.11 Å². The number of piperidine rings is 1. The third-order valence-electron chi connectivity index (χ3n) is 5.39. The first-order valence-electron chi connectivity index (χ1n) is 9.47. The van der Waals surface area contributed by atoms with Gasteiger partial charge < -0.3 is 19.9 Å². The van der Waals surface area contributed by atoms with Crippen LogP contribution >= 0.6 is 0 Å². The molecule has 2 aromatic heterocycles. The molecule has 27 heavy (non-hydrogen) atoms. The summed E-state index contributed by atoms with van der Waals surface area (Å²) >= 11 is 0. The second kappa shape index (κ2) is 7.29. The number of aromatic nitrogens is 3. The van der Waals surface area contributed by atoms with E-state index in [0.717, 1.165) is 61.2 Å². The van der Waals surface area contributed by atoms with Gasteiger partial charge in [0.1, 0.15) is 5.65 Å². The fourth-order valence-electron chi connectivity index (χ4n) is 3.65. The lowest BCUT2D eigenvalue weighted by Gasteiger charge is -2.37. The Bertz CT molecular complexity index is 910.